The van der Waals surface area contributed by atoms with Crippen molar-refractivity contribution in [1.82, 2.24) is 5.32 Å². The van der Waals surface area contributed by atoms with Crippen LogP contribution in [0, 0.1) is 0 Å². The first-order chi connectivity index (χ1) is 12.0. The Bertz CT molecular complexity index is 885. The van der Waals surface area contributed by atoms with Crippen LogP contribution in [0.2, 0.25) is 10.0 Å². The van der Waals surface area contributed by atoms with Gasteiger partial charge in [0, 0.05) is 33.6 Å². The number of nitrogens with one attached hydrogen (secondary N) is 1. The van der Waals surface area contributed by atoms with E-state index in [1.807, 2.05) is 24.3 Å². The highest BCUT2D eigenvalue weighted by Gasteiger charge is 2.11. The fraction of sp³-hybridized carbons (Fsp3) is 0.211. The molecule has 1 amide bonds. The first-order valence-electron chi connectivity index (χ1n) is 7.81. The number of hydrogen-bond acceptors (Lipinski definition) is 3. The SMILES string of the molecule is COc1ccc2c(CC(=O)NCCc3cc(Cl)cc(Cl)c3)coc2c1. The molecule has 4 nitrogen and oxygen atoms in total. The summed E-state index contributed by atoms with van der Waals surface area (Å²) in [6.07, 6.45) is 2.53. The van der Waals surface area contributed by atoms with Gasteiger partial charge in [-0.05, 0) is 42.3 Å². The van der Waals surface area contributed by atoms with Gasteiger partial charge in [0.25, 0.3) is 0 Å². The number of rotatable bonds is 6. The van der Waals surface area contributed by atoms with Gasteiger partial charge >= 0.3 is 0 Å². The molecule has 0 bridgehead atoms. The van der Waals surface area contributed by atoms with Crippen molar-refractivity contribution in [2.45, 2.75) is 12.8 Å². The van der Waals surface area contributed by atoms with Crippen LogP contribution in [-0.2, 0) is 17.6 Å². The van der Waals surface area contributed by atoms with Crippen LogP contribution in [0.3, 0.4) is 0 Å². The average molecular weight is 378 g/mol. The molecule has 0 fully saturated rings. The van der Waals surface area contributed by atoms with Gasteiger partial charge in [-0.15, -0.1) is 0 Å². The first kappa shape index (κ1) is 17.6. The van der Waals surface area contributed by atoms with Gasteiger partial charge in [0.2, 0.25) is 5.91 Å². The number of furan rings is 1. The zero-order valence-corrected chi connectivity index (χ0v) is 15.2. The number of hydrogen-bond donors (Lipinski definition) is 1. The third kappa shape index (κ3) is 4.47. The van der Waals surface area contributed by atoms with Crippen molar-refractivity contribution in [2.75, 3.05) is 13.7 Å². The van der Waals surface area contributed by atoms with Crippen molar-refractivity contribution in [3.05, 3.63) is 63.8 Å². The summed E-state index contributed by atoms with van der Waals surface area (Å²) in [4.78, 5) is 12.2. The van der Waals surface area contributed by atoms with E-state index in [4.69, 9.17) is 32.4 Å². The molecule has 6 heteroatoms. The Kier molecular flexibility index (Phi) is 5.51. The molecule has 1 N–H and O–H groups in total. The molecule has 3 aromatic rings. The molecule has 0 saturated carbocycles. The summed E-state index contributed by atoms with van der Waals surface area (Å²) < 4.78 is 10.7. The van der Waals surface area contributed by atoms with E-state index in [0.29, 0.717) is 28.6 Å². The van der Waals surface area contributed by atoms with E-state index in [9.17, 15) is 4.79 Å². The second-order valence-electron chi connectivity index (χ2n) is 5.68. The standard InChI is InChI=1S/C19H17Cl2NO3/c1-24-16-2-3-17-13(11-25-18(17)10-16)8-19(23)22-5-4-12-6-14(20)9-15(21)7-12/h2-3,6-7,9-11H,4-5,8H2,1H3,(H,22,23). The maximum absolute atomic E-state index is 12.2. The maximum Gasteiger partial charge on any atom is 0.224 e. The Labute approximate surface area is 155 Å². The lowest BCUT2D eigenvalue weighted by Gasteiger charge is -2.06. The van der Waals surface area contributed by atoms with Crippen molar-refractivity contribution in [3.63, 3.8) is 0 Å². The van der Waals surface area contributed by atoms with Crippen LogP contribution >= 0.6 is 23.2 Å². The smallest absolute Gasteiger partial charge is 0.224 e. The number of fused-ring (bicyclic) bond motifs is 1. The molecule has 0 saturated heterocycles. The Morgan fingerprint density at radius 3 is 2.64 bits per heavy atom. The largest absolute Gasteiger partial charge is 0.497 e. The second kappa shape index (κ2) is 7.81. The molecule has 130 valence electrons. The highest BCUT2D eigenvalue weighted by Crippen LogP contribution is 2.25. The van der Waals surface area contributed by atoms with Crippen LogP contribution in [0.1, 0.15) is 11.1 Å². The molecule has 2 aromatic carbocycles. The molecule has 25 heavy (non-hydrogen) atoms. The predicted octanol–water partition coefficient (Wildman–Crippen LogP) is 4.65. The first-order valence-corrected chi connectivity index (χ1v) is 8.56. The summed E-state index contributed by atoms with van der Waals surface area (Å²) in [6, 6.07) is 10.9. The third-order valence-electron chi connectivity index (χ3n) is 3.87. The second-order valence-corrected chi connectivity index (χ2v) is 6.55. The molecule has 1 aromatic heterocycles. The van der Waals surface area contributed by atoms with Gasteiger partial charge in [0.15, 0.2) is 0 Å². The number of ether oxygens (including phenoxy) is 1. The number of carbonyl (C=O) groups is 1. The van der Waals surface area contributed by atoms with E-state index in [2.05, 4.69) is 5.32 Å². The highest BCUT2D eigenvalue weighted by atomic mass is 35.5. The molecule has 0 atom stereocenters. The lowest BCUT2D eigenvalue weighted by atomic mass is 10.1. The molecular weight excluding hydrogens is 361 g/mol. The molecule has 1 heterocycles. The predicted molar refractivity (Wildman–Crippen MR) is 99.6 cm³/mol. The summed E-state index contributed by atoms with van der Waals surface area (Å²) in [7, 11) is 1.60. The number of halogens is 2. The Balaban J connectivity index is 1.57. The Morgan fingerprint density at radius 1 is 1.16 bits per heavy atom. The van der Waals surface area contributed by atoms with Gasteiger partial charge in [0.05, 0.1) is 19.8 Å². The Hall–Kier alpha value is -2.17. The summed E-state index contributed by atoms with van der Waals surface area (Å²) >= 11 is 11.9. The average Bonchev–Trinajstić information content (AvgIpc) is 2.96. The molecule has 0 aliphatic carbocycles. The molecular formula is C19H17Cl2NO3. The highest BCUT2D eigenvalue weighted by molar-refractivity contribution is 6.34. The van der Waals surface area contributed by atoms with Crippen molar-refractivity contribution >= 4 is 40.1 Å². The van der Waals surface area contributed by atoms with E-state index in [0.717, 1.165) is 22.3 Å². The molecule has 0 unspecified atom stereocenters. The van der Waals surface area contributed by atoms with Crippen LogP contribution in [-0.4, -0.2) is 19.6 Å². The minimum atomic E-state index is -0.0633. The number of amides is 1. The lowest BCUT2D eigenvalue weighted by Crippen LogP contribution is -2.27. The fourth-order valence-electron chi connectivity index (χ4n) is 2.66. The van der Waals surface area contributed by atoms with Gasteiger partial charge in [-0.2, -0.15) is 0 Å². The monoisotopic (exact) mass is 377 g/mol. The fourth-order valence-corrected chi connectivity index (χ4v) is 3.24. The summed E-state index contributed by atoms with van der Waals surface area (Å²) in [5.74, 6) is 0.657. The zero-order chi connectivity index (χ0) is 17.8. The van der Waals surface area contributed by atoms with E-state index >= 15 is 0 Å². The van der Waals surface area contributed by atoms with E-state index in [-0.39, 0.29) is 12.3 Å². The molecule has 0 radical (unpaired) electrons. The summed E-state index contributed by atoms with van der Waals surface area (Å²) in [6.45, 7) is 0.513. The van der Waals surface area contributed by atoms with Crippen LogP contribution in [0.4, 0.5) is 0 Å². The van der Waals surface area contributed by atoms with Crippen LogP contribution in [0.25, 0.3) is 11.0 Å². The quantitative estimate of drug-likeness (QED) is 0.679. The number of methoxy groups -OCH3 is 1. The normalized spacial score (nSPS) is 10.8. The van der Waals surface area contributed by atoms with Crippen molar-refractivity contribution in [2.24, 2.45) is 0 Å². The maximum atomic E-state index is 12.2. The third-order valence-corrected chi connectivity index (χ3v) is 4.31. The van der Waals surface area contributed by atoms with E-state index in [1.165, 1.54) is 0 Å². The molecule has 0 aliphatic heterocycles. The van der Waals surface area contributed by atoms with Crippen LogP contribution in [0.15, 0.2) is 47.1 Å². The Morgan fingerprint density at radius 2 is 1.92 bits per heavy atom. The van der Waals surface area contributed by atoms with Gasteiger partial charge in [-0.3, -0.25) is 4.79 Å². The van der Waals surface area contributed by atoms with Crippen molar-refractivity contribution in [1.29, 1.82) is 0 Å². The van der Waals surface area contributed by atoms with Gasteiger partial charge in [-0.1, -0.05) is 23.2 Å². The summed E-state index contributed by atoms with van der Waals surface area (Å²) in [5.41, 5.74) is 2.54. The molecule has 0 aliphatic rings. The number of carbonyl (C=O) groups excluding carboxylic acids is 1. The topological polar surface area (TPSA) is 51.5 Å². The molecule has 0 spiro atoms. The minimum Gasteiger partial charge on any atom is -0.497 e. The van der Waals surface area contributed by atoms with Crippen LogP contribution < -0.4 is 10.1 Å². The van der Waals surface area contributed by atoms with Gasteiger partial charge in [-0.25, -0.2) is 0 Å². The zero-order valence-electron chi connectivity index (χ0n) is 13.6. The number of benzene rings is 2. The van der Waals surface area contributed by atoms with Crippen molar-refractivity contribution < 1.29 is 13.9 Å². The lowest BCUT2D eigenvalue weighted by molar-refractivity contribution is -0.120. The van der Waals surface area contributed by atoms with Crippen LogP contribution in [0.5, 0.6) is 5.75 Å². The van der Waals surface area contributed by atoms with E-state index in [1.54, 1.807) is 25.5 Å². The van der Waals surface area contributed by atoms with Gasteiger partial charge < -0.3 is 14.5 Å². The minimum absolute atomic E-state index is 0.0633. The van der Waals surface area contributed by atoms with Crippen molar-refractivity contribution in [3.8, 4) is 5.75 Å². The van der Waals surface area contributed by atoms with E-state index < -0.39 is 0 Å². The molecule has 3 rings (SSSR count). The van der Waals surface area contributed by atoms with Gasteiger partial charge in [0.1, 0.15) is 11.3 Å². The summed E-state index contributed by atoms with van der Waals surface area (Å²) in [5, 5.41) is 5.00.